The predicted octanol–water partition coefficient (Wildman–Crippen LogP) is 1.71. The molecule has 0 aromatic heterocycles. The van der Waals surface area contributed by atoms with Crippen LogP contribution in [0.25, 0.3) is 10.8 Å². The number of fused-ring (bicyclic) bond motifs is 1. The number of methoxy groups -OCH3 is 1. The van der Waals surface area contributed by atoms with Gasteiger partial charge in [0.25, 0.3) is 0 Å². The number of amides is 1. The number of carbonyl (C=O) groups is 1. The van der Waals surface area contributed by atoms with Gasteiger partial charge in [-0.15, -0.1) is 0 Å². The van der Waals surface area contributed by atoms with Crippen LogP contribution >= 0.6 is 0 Å². The molecule has 1 unspecified atom stereocenters. The number of ether oxygens (including phenoxy) is 2. The van der Waals surface area contributed by atoms with E-state index in [1.165, 1.54) is 0 Å². The van der Waals surface area contributed by atoms with Gasteiger partial charge in [-0.2, -0.15) is 0 Å². The van der Waals surface area contributed by atoms with E-state index in [0.29, 0.717) is 19.7 Å². The molecule has 0 aliphatic carbocycles. The van der Waals surface area contributed by atoms with Crippen molar-refractivity contribution in [3.8, 4) is 5.75 Å². The number of hydrogen-bond acceptors (Lipinski definition) is 4. The third-order valence-corrected chi connectivity index (χ3v) is 4.04. The van der Waals surface area contributed by atoms with Gasteiger partial charge >= 0.3 is 0 Å². The molecule has 1 atom stereocenters. The van der Waals surface area contributed by atoms with E-state index in [1.54, 1.807) is 12.0 Å². The highest BCUT2D eigenvalue weighted by Gasteiger charge is 2.24. The minimum absolute atomic E-state index is 0.0289. The molecule has 1 aliphatic heterocycles. The fourth-order valence-corrected chi connectivity index (χ4v) is 2.78. The van der Waals surface area contributed by atoms with Crippen LogP contribution in [0.15, 0.2) is 36.4 Å². The van der Waals surface area contributed by atoms with E-state index >= 15 is 0 Å². The van der Waals surface area contributed by atoms with Crippen LogP contribution in [0.4, 0.5) is 0 Å². The number of nitrogens with zero attached hydrogens (tertiary/aromatic N) is 1. The minimum atomic E-state index is -0.101. The molecule has 0 bridgehead atoms. The first-order valence-corrected chi connectivity index (χ1v) is 7.38. The quantitative estimate of drug-likeness (QED) is 0.937. The molecule has 0 radical (unpaired) electrons. The maximum Gasteiger partial charge on any atom is 0.236 e. The van der Waals surface area contributed by atoms with E-state index < -0.39 is 0 Å². The first-order chi connectivity index (χ1) is 10.7. The van der Waals surface area contributed by atoms with Gasteiger partial charge in [-0.25, -0.2) is 0 Å². The Labute approximate surface area is 129 Å². The SMILES string of the molecule is COc1ccc2cc(C3CN(C(=O)CN)CCO3)ccc2c1. The second kappa shape index (κ2) is 6.34. The van der Waals surface area contributed by atoms with E-state index in [2.05, 4.69) is 12.1 Å². The van der Waals surface area contributed by atoms with E-state index in [9.17, 15) is 4.79 Å². The average molecular weight is 300 g/mol. The van der Waals surface area contributed by atoms with Crippen molar-refractivity contribution in [2.75, 3.05) is 33.4 Å². The maximum atomic E-state index is 11.8. The normalized spacial score (nSPS) is 18.5. The summed E-state index contributed by atoms with van der Waals surface area (Å²) in [6.07, 6.45) is -0.101. The highest BCUT2D eigenvalue weighted by atomic mass is 16.5. The second-order valence-corrected chi connectivity index (χ2v) is 5.38. The van der Waals surface area contributed by atoms with Gasteiger partial charge in [0.2, 0.25) is 5.91 Å². The summed E-state index contributed by atoms with van der Waals surface area (Å²) in [5, 5.41) is 2.25. The van der Waals surface area contributed by atoms with E-state index in [1.807, 2.05) is 24.3 Å². The molecule has 1 aliphatic rings. The standard InChI is InChI=1S/C17H20N2O3/c1-21-15-5-4-12-8-14(3-2-13(12)9-15)16-11-19(6-7-22-16)17(20)10-18/h2-5,8-9,16H,6-7,10-11,18H2,1H3. The van der Waals surface area contributed by atoms with Gasteiger partial charge in [-0.3, -0.25) is 4.79 Å². The fraction of sp³-hybridized carbons (Fsp3) is 0.353. The molecule has 22 heavy (non-hydrogen) atoms. The number of benzene rings is 2. The van der Waals surface area contributed by atoms with Crippen molar-refractivity contribution >= 4 is 16.7 Å². The first kappa shape index (κ1) is 14.8. The summed E-state index contributed by atoms with van der Waals surface area (Å²) in [6.45, 7) is 1.75. The Morgan fingerprint density at radius 3 is 2.86 bits per heavy atom. The highest BCUT2D eigenvalue weighted by molar-refractivity contribution is 5.84. The van der Waals surface area contributed by atoms with Gasteiger partial charge in [0.15, 0.2) is 0 Å². The third kappa shape index (κ3) is 2.91. The summed E-state index contributed by atoms with van der Waals surface area (Å²) in [4.78, 5) is 13.5. The van der Waals surface area contributed by atoms with Gasteiger partial charge in [0.1, 0.15) is 11.9 Å². The molecular formula is C17H20N2O3. The summed E-state index contributed by atoms with van der Waals surface area (Å²) in [7, 11) is 1.66. The Kier molecular flexibility index (Phi) is 4.27. The van der Waals surface area contributed by atoms with Gasteiger partial charge in [-0.1, -0.05) is 18.2 Å². The van der Waals surface area contributed by atoms with Gasteiger partial charge in [0.05, 0.1) is 26.8 Å². The number of nitrogens with two attached hydrogens (primary N) is 1. The number of carbonyl (C=O) groups excluding carboxylic acids is 1. The smallest absolute Gasteiger partial charge is 0.236 e. The Morgan fingerprint density at radius 1 is 1.32 bits per heavy atom. The lowest BCUT2D eigenvalue weighted by molar-refractivity contribution is -0.137. The van der Waals surface area contributed by atoms with Crippen molar-refractivity contribution in [3.05, 3.63) is 42.0 Å². The molecular weight excluding hydrogens is 280 g/mol. The van der Waals surface area contributed by atoms with Crippen LogP contribution in [0.1, 0.15) is 11.7 Å². The molecule has 5 heteroatoms. The summed E-state index contributed by atoms with van der Waals surface area (Å²) in [6, 6.07) is 12.2. The fourth-order valence-electron chi connectivity index (χ4n) is 2.78. The molecule has 3 rings (SSSR count). The van der Waals surface area contributed by atoms with E-state index in [-0.39, 0.29) is 18.6 Å². The number of rotatable bonds is 3. The van der Waals surface area contributed by atoms with Crippen molar-refractivity contribution in [1.82, 2.24) is 4.90 Å². The summed E-state index contributed by atoms with van der Waals surface area (Å²) < 4.78 is 11.1. The lowest BCUT2D eigenvalue weighted by atomic mass is 10.0. The molecule has 2 N–H and O–H groups in total. The van der Waals surface area contributed by atoms with Gasteiger partial charge in [0, 0.05) is 6.54 Å². The van der Waals surface area contributed by atoms with Gasteiger partial charge in [-0.05, 0) is 34.5 Å². The predicted molar refractivity (Wildman–Crippen MR) is 84.8 cm³/mol. The number of hydrogen-bond donors (Lipinski definition) is 1. The molecule has 0 saturated carbocycles. The van der Waals surface area contributed by atoms with Crippen LogP contribution < -0.4 is 10.5 Å². The largest absolute Gasteiger partial charge is 0.497 e. The highest BCUT2D eigenvalue weighted by Crippen LogP contribution is 2.27. The minimum Gasteiger partial charge on any atom is -0.497 e. The Bertz CT molecular complexity index is 687. The van der Waals surface area contributed by atoms with Gasteiger partial charge < -0.3 is 20.1 Å². The zero-order valence-electron chi connectivity index (χ0n) is 12.6. The summed E-state index contributed by atoms with van der Waals surface area (Å²) >= 11 is 0. The van der Waals surface area contributed by atoms with Crippen molar-refractivity contribution in [2.45, 2.75) is 6.10 Å². The first-order valence-electron chi connectivity index (χ1n) is 7.38. The molecule has 0 spiro atoms. The van der Waals surface area contributed by atoms with Crippen LogP contribution in [0, 0.1) is 0 Å². The van der Waals surface area contributed by atoms with Crippen LogP contribution in [-0.4, -0.2) is 44.2 Å². The second-order valence-electron chi connectivity index (χ2n) is 5.38. The Morgan fingerprint density at radius 2 is 2.09 bits per heavy atom. The van der Waals surface area contributed by atoms with E-state index in [0.717, 1.165) is 22.1 Å². The number of morpholine rings is 1. The Hall–Kier alpha value is -2.11. The molecule has 2 aromatic carbocycles. The summed E-state index contributed by atoms with van der Waals surface area (Å²) in [5.41, 5.74) is 6.52. The molecule has 116 valence electrons. The average Bonchev–Trinajstić information content (AvgIpc) is 2.60. The lowest BCUT2D eigenvalue weighted by Crippen LogP contribution is -2.44. The van der Waals surface area contributed by atoms with Crippen LogP contribution in [0.3, 0.4) is 0 Å². The van der Waals surface area contributed by atoms with Crippen molar-refractivity contribution in [1.29, 1.82) is 0 Å². The van der Waals surface area contributed by atoms with E-state index in [4.69, 9.17) is 15.2 Å². The molecule has 1 amide bonds. The summed E-state index contributed by atoms with van der Waals surface area (Å²) in [5.74, 6) is 0.813. The maximum absolute atomic E-state index is 11.8. The Balaban J connectivity index is 1.85. The van der Waals surface area contributed by atoms with Crippen molar-refractivity contribution < 1.29 is 14.3 Å². The van der Waals surface area contributed by atoms with Crippen LogP contribution in [0.5, 0.6) is 5.75 Å². The topological polar surface area (TPSA) is 64.8 Å². The molecule has 5 nitrogen and oxygen atoms in total. The molecule has 1 saturated heterocycles. The zero-order chi connectivity index (χ0) is 15.5. The molecule has 2 aromatic rings. The van der Waals surface area contributed by atoms with Crippen LogP contribution in [-0.2, 0) is 9.53 Å². The lowest BCUT2D eigenvalue weighted by Gasteiger charge is -2.33. The third-order valence-electron chi connectivity index (χ3n) is 4.04. The van der Waals surface area contributed by atoms with Crippen molar-refractivity contribution in [3.63, 3.8) is 0 Å². The molecule has 1 fully saturated rings. The molecule has 1 heterocycles. The van der Waals surface area contributed by atoms with Crippen LogP contribution in [0.2, 0.25) is 0 Å². The van der Waals surface area contributed by atoms with Crippen molar-refractivity contribution in [2.24, 2.45) is 5.73 Å². The zero-order valence-corrected chi connectivity index (χ0v) is 12.6. The monoisotopic (exact) mass is 300 g/mol.